The smallest absolute Gasteiger partial charge is 0.220 e. The third-order valence-corrected chi connectivity index (χ3v) is 8.85. The van der Waals surface area contributed by atoms with Crippen LogP contribution in [0.4, 0.5) is 0 Å². The third kappa shape index (κ3) is 33.8. The number of aliphatic hydroxyl groups excluding tert-OH is 2. The van der Waals surface area contributed by atoms with E-state index < -0.39 is 12.1 Å². The number of allylic oxidation sites excluding steroid dienone is 5. The lowest BCUT2D eigenvalue weighted by Crippen LogP contribution is -2.45. The zero-order chi connectivity index (χ0) is 32.9. The first-order valence-corrected chi connectivity index (χ1v) is 19.7. The van der Waals surface area contributed by atoms with Crippen molar-refractivity contribution in [1.29, 1.82) is 0 Å². The van der Waals surface area contributed by atoms with Crippen LogP contribution in [0, 0.1) is 0 Å². The summed E-state index contributed by atoms with van der Waals surface area (Å²) in [6, 6.07) is -0.640. The van der Waals surface area contributed by atoms with Gasteiger partial charge in [-0.1, -0.05) is 192 Å². The molecule has 0 aliphatic heterocycles. The number of unbranched alkanes of at least 4 members (excludes halogenated alkanes) is 24. The number of aliphatic hydroxyl groups is 2. The quantitative estimate of drug-likeness (QED) is 0.0481. The maximum absolute atomic E-state index is 12.3. The van der Waals surface area contributed by atoms with Crippen LogP contribution in [0.1, 0.15) is 200 Å². The van der Waals surface area contributed by atoms with Gasteiger partial charge in [0.2, 0.25) is 5.91 Å². The topological polar surface area (TPSA) is 69.6 Å². The van der Waals surface area contributed by atoms with Crippen molar-refractivity contribution in [1.82, 2.24) is 5.32 Å². The normalized spacial score (nSPS) is 13.4. The minimum atomic E-state index is -0.865. The van der Waals surface area contributed by atoms with Crippen LogP contribution in [0.3, 0.4) is 0 Å². The van der Waals surface area contributed by atoms with Crippen molar-refractivity contribution in [2.24, 2.45) is 0 Å². The fourth-order valence-corrected chi connectivity index (χ4v) is 5.78. The summed E-state index contributed by atoms with van der Waals surface area (Å²) < 4.78 is 0. The second-order valence-electron chi connectivity index (χ2n) is 13.3. The van der Waals surface area contributed by atoms with Crippen LogP contribution in [0.2, 0.25) is 0 Å². The molecule has 0 aromatic heterocycles. The Morgan fingerprint density at radius 1 is 0.511 bits per heavy atom. The van der Waals surface area contributed by atoms with E-state index in [1.54, 1.807) is 6.08 Å². The molecule has 0 aliphatic carbocycles. The van der Waals surface area contributed by atoms with Gasteiger partial charge in [0.15, 0.2) is 0 Å². The Morgan fingerprint density at radius 3 is 1.27 bits per heavy atom. The Morgan fingerprint density at radius 2 is 0.867 bits per heavy atom. The largest absolute Gasteiger partial charge is 0.394 e. The van der Waals surface area contributed by atoms with Gasteiger partial charge in [0.05, 0.1) is 18.8 Å². The molecule has 0 radical (unpaired) electrons. The summed E-state index contributed by atoms with van der Waals surface area (Å²) in [5.74, 6) is -0.0778. The molecule has 0 aromatic rings. The van der Waals surface area contributed by atoms with Gasteiger partial charge in [-0.25, -0.2) is 0 Å². The molecule has 0 aromatic carbocycles. The van der Waals surface area contributed by atoms with Crippen molar-refractivity contribution in [2.45, 2.75) is 212 Å². The predicted molar refractivity (Wildman–Crippen MR) is 198 cm³/mol. The lowest BCUT2D eigenvalue weighted by Gasteiger charge is -2.19. The first kappa shape index (κ1) is 43.6. The highest BCUT2D eigenvalue weighted by molar-refractivity contribution is 5.76. The first-order valence-electron chi connectivity index (χ1n) is 19.7. The zero-order valence-electron chi connectivity index (χ0n) is 30.1. The molecule has 0 bridgehead atoms. The van der Waals surface area contributed by atoms with E-state index in [0.717, 1.165) is 38.5 Å². The number of carbonyl (C=O) groups excluding carboxylic acids is 1. The Balaban J connectivity index is 3.57. The van der Waals surface area contributed by atoms with E-state index in [9.17, 15) is 15.0 Å². The van der Waals surface area contributed by atoms with Crippen molar-refractivity contribution < 1.29 is 15.0 Å². The highest BCUT2D eigenvalue weighted by Crippen LogP contribution is 2.15. The van der Waals surface area contributed by atoms with Gasteiger partial charge in [-0.05, 0) is 38.5 Å². The highest BCUT2D eigenvalue weighted by atomic mass is 16.3. The number of hydrogen-bond donors (Lipinski definition) is 3. The van der Waals surface area contributed by atoms with E-state index in [2.05, 4.69) is 43.5 Å². The summed E-state index contributed by atoms with van der Waals surface area (Å²) in [5.41, 5.74) is 0. The Bertz CT molecular complexity index is 686. The van der Waals surface area contributed by atoms with Gasteiger partial charge < -0.3 is 15.5 Å². The SMILES string of the molecule is CCCC/C=C/CC/C=C/CC/C=C/C(O)C(CO)NC(=O)CCCCCCCCCCCCCCCCCCCCCCC. The van der Waals surface area contributed by atoms with Crippen molar-refractivity contribution in [3.05, 3.63) is 36.5 Å². The minimum absolute atomic E-state index is 0.0778. The maximum Gasteiger partial charge on any atom is 0.220 e. The molecule has 4 nitrogen and oxygen atoms in total. The van der Waals surface area contributed by atoms with Gasteiger partial charge in [-0.15, -0.1) is 0 Å². The van der Waals surface area contributed by atoms with E-state index in [0.29, 0.717) is 6.42 Å². The molecule has 0 fully saturated rings. The third-order valence-electron chi connectivity index (χ3n) is 8.85. The van der Waals surface area contributed by atoms with E-state index in [-0.39, 0.29) is 12.5 Å². The van der Waals surface area contributed by atoms with Gasteiger partial charge in [0.25, 0.3) is 0 Å². The number of rotatable bonds is 35. The van der Waals surface area contributed by atoms with Gasteiger partial charge in [0, 0.05) is 6.42 Å². The average Bonchev–Trinajstić information content (AvgIpc) is 3.04. The monoisotopic (exact) mass is 632 g/mol. The Kier molecular flexibility index (Phi) is 35.9. The summed E-state index contributed by atoms with van der Waals surface area (Å²) >= 11 is 0. The number of nitrogens with one attached hydrogen (secondary N) is 1. The number of carbonyl (C=O) groups is 1. The molecule has 0 rings (SSSR count). The molecule has 2 unspecified atom stereocenters. The van der Waals surface area contributed by atoms with Gasteiger partial charge in [0.1, 0.15) is 0 Å². The van der Waals surface area contributed by atoms with Crippen LogP contribution in [0.15, 0.2) is 36.5 Å². The summed E-state index contributed by atoms with van der Waals surface area (Å²) in [7, 11) is 0. The van der Waals surface area contributed by atoms with E-state index in [1.807, 2.05) is 6.08 Å². The molecule has 2 atom stereocenters. The lowest BCUT2D eigenvalue weighted by atomic mass is 10.0. The first-order chi connectivity index (χ1) is 22.2. The number of amides is 1. The summed E-state index contributed by atoms with van der Waals surface area (Å²) in [4.78, 5) is 12.3. The molecule has 3 N–H and O–H groups in total. The highest BCUT2D eigenvalue weighted by Gasteiger charge is 2.17. The molecule has 0 spiro atoms. The molecule has 1 amide bonds. The molecule has 45 heavy (non-hydrogen) atoms. The van der Waals surface area contributed by atoms with Gasteiger partial charge in [-0.2, -0.15) is 0 Å². The van der Waals surface area contributed by atoms with Crippen molar-refractivity contribution in [3.8, 4) is 0 Å². The molecule has 0 saturated carbocycles. The summed E-state index contributed by atoms with van der Waals surface area (Å²) in [6.45, 7) is 4.24. The summed E-state index contributed by atoms with van der Waals surface area (Å²) in [5, 5.41) is 22.8. The van der Waals surface area contributed by atoms with Crippen LogP contribution in [-0.2, 0) is 4.79 Å². The average molecular weight is 632 g/mol. The van der Waals surface area contributed by atoms with Crippen LogP contribution in [0.5, 0.6) is 0 Å². The molecule has 264 valence electrons. The van der Waals surface area contributed by atoms with E-state index in [1.165, 1.54) is 141 Å². The van der Waals surface area contributed by atoms with Crippen LogP contribution >= 0.6 is 0 Å². The standard InChI is InChI=1S/C41H77NO3/c1-3-5-7-9-11-13-15-17-18-19-20-21-22-23-24-25-27-29-31-33-35-37-41(45)42-39(38-43)40(44)36-34-32-30-28-26-16-14-12-10-8-6-4-2/h10,12,26,28,34,36,39-40,43-44H,3-9,11,13-25,27,29-33,35,37-38H2,1-2H3,(H,42,45)/b12-10+,28-26+,36-34+. The second-order valence-corrected chi connectivity index (χ2v) is 13.3. The van der Waals surface area contributed by atoms with Crippen LogP contribution in [-0.4, -0.2) is 34.9 Å². The van der Waals surface area contributed by atoms with Gasteiger partial charge in [-0.3, -0.25) is 4.79 Å². The van der Waals surface area contributed by atoms with Crippen LogP contribution < -0.4 is 5.32 Å². The molecule has 4 heteroatoms. The Hall–Kier alpha value is -1.39. The molecule has 0 saturated heterocycles. The van der Waals surface area contributed by atoms with Gasteiger partial charge >= 0.3 is 0 Å². The van der Waals surface area contributed by atoms with Crippen molar-refractivity contribution in [2.75, 3.05) is 6.61 Å². The number of hydrogen-bond acceptors (Lipinski definition) is 3. The second kappa shape index (κ2) is 37.1. The fourth-order valence-electron chi connectivity index (χ4n) is 5.78. The molecule has 0 aliphatic rings. The van der Waals surface area contributed by atoms with Crippen molar-refractivity contribution >= 4 is 5.91 Å². The summed E-state index contributed by atoms with van der Waals surface area (Å²) in [6.07, 6.45) is 48.1. The maximum atomic E-state index is 12.3. The predicted octanol–water partition coefficient (Wildman–Crippen LogP) is 11.8. The molecule has 0 heterocycles. The fraction of sp³-hybridized carbons (Fsp3) is 0.829. The molecular weight excluding hydrogens is 554 g/mol. The van der Waals surface area contributed by atoms with E-state index >= 15 is 0 Å². The van der Waals surface area contributed by atoms with Crippen molar-refractivity contribution in [3.63, 3.8) is 0 Å². The molecular formula is C41H77NO3. The Labute approximate surface area is 281 Å². The minimum Gasteiger partial charge on any atom is -0.394 e. The van der Waals surface area contributed by atoms with E-state index in [4.69, 9.17) is 0 Å². The lowest BCUT2D eigenvalue weighted by molar-refractivity contribution is -0.123. The zero-order valence-corrected chi connectivity index (χ0v) is 30.1. The van der Waals surface area contributed by atoms with Crippen LogP contribution in [0.25, 0.3) is 0 Å².